The highest BCUT2D eigenvalue weighted by Crippen LogP contribution is 2.38. The van der Waals surface area contributed by atoms with Gasteiger partial charge in [-0.15, -0.1) is 13.2 Å². The molecule has 5 heterocycles. The van der Waals surface area contributed by atoms with Gasteiger partial charge in [-0.25, -0.2) is 9.97 Å². The second-order valence-corrected chi connectivity index (χ2v) is 12.4. The summed E-state index contributed by atoms with van der Waals surface area (Å²) in [5, 5.41) is 6.52. The highest BCUT2D eigenvalue weighted by molar-refractivity contribution is 6.00. The van der Waals surface area contributed by atoms with Crippen LogP contribution in [0.1, 0.15) is 22.8 Å². The van der Waals surface area contributed by atoms with Crippen LogP contribution in [-0.4, -0.2) is 31.4 Å². The SMILES string of the molecule is C1=Cc2nc1c(-c1ccccc1)c1nc(c(-c3ccccc3)c3ccc([nH]3)c(-c3ccccc3)c3ccc([nH]3)c2-c2ccccc2)C=C1.OC(F)(F)F. The number of aliphatic hydroxyl groups is 1. The fourth-order valence-corrected chi connectivity index (χ4v) is 6.84. The molecule has 53 heavy (non-hydrogen) atoms. The number of nitrogens with zero attached hydrogens (tertiary/aromatic N) is 2. The smallest absolute Gasteiger partial charge is 0.354 e. The third-order valence-corrected chi connectivity index (χ3v) is 9.00. The second-order valence-electron chi connectivity index (χ2n) is 12.4. The Hall–Kier alpha value is -6.77. The maximum absolute atomic E-state index is 9.91. The highest BCUT2D eigenvalue weighted by Gasteiger charge is 2.21. The Morgan fingerprint density at radius 3 is 0.925 bits per heavy atom. The summed E-state index contributed by atoms with van der Waals surface area (Å²) in [6, 6.07) is 50.7. The van der Waals surface area contributed by atoms with E-state index in [4.69, 9.17) is 15.1 Å². The van der Waals surface area contributed by atoms with E-state index in [0.717, 1.165) is 89.4 Å². The normalized spacial score (nSPS) is 12.0. The van der Waals surface area contributed by atoms with Crippen molar-refractivity contribution in [3.63, 3.8) is 0 Å². The van der Waals surface area contributed by atoms with Crippen molar-refractivity contribution in [2.24, 2.45) is 0 Å². The van der Waals surface area contributed by atoms with Crippen LogP contribution in [0.15, 0.2) is 146 Å². The maximum Gasteiger partial charge on any atom is 0.519 e. The monoisotopic (exact) mass is 700 g/mol. The molecule has 2 aliphatic heterocycles. The molecule has 3 aromatic heterocycles. The molecule has 5 nitrogen and oxygen atoms in total. The van der Waals surface area contributed by atoms with E-state index in [2.05, 4.69) is 162 Å². The van der Waals surface area contributed by atoms with Crippen LogP contribution in [0.3, 0.4) is 0 Å². The molecule has 0 amide bonds. The zero-order valence-corrected chi connectivity index (χ0v) is 28.1. The third kappa shape index (κ3) is 7.08. The minimum atomic E-state index is -5.00. The number of fused-ring (bicyclic) bond motifs is 8. The molecule has 0 saturated carbocycles. The molecule has 8 heteroatoms. The van der Waals surface area contributed by atoms with E-state index >= 15 is 0 Å². The lowest BCUT2D eigenvalue weighted by Gasteiger charge is -2.07. The average Bonchev–Trinajstić information content (AvgIpc) is 4.01. The molecule has 0 atom stereocenters. The predicted molar refractivity (Wildman–Crippen MR) is 209 cm³/mol. The molecule has 0 radical (unpaired) electrons. The highest BCUT2D eigenvalue weighted by atomic mass is 19.4. The Balaban J connectivity index is 0.000000752. The Kier molecular flexibility index (Phi) is 8.88. The van der Waals surface area contributed by atoms with Crippen molar-refractivity contribution in [1.29, 1.82) is 0 Å². The molecule has 9 rings (SSSR count). The predicted octanol–water partition coefficient (Wildman–Crippen LogP) is 11.8. The number of alkyl halides is 3. The molecule has 2 aliphatic rings. The van der Waals surface area contributed by atoms with Crippen molar-refractivity contribution in [3.8, 4) is 44.5 Å². The van der Waals surface area contributed by atoms with Crippen molar-refractivity contribution < 1.29 is 18.3 Å². The van der Waals surface area contributed by atoms with Gasteiger partial charge in [0.1, 0.15) is 0 Å². The Morgan fingerprint density at radius 1 is 0.358 bits per heavy atom. The van der Waals surface area contributed by atoms with Gasteiger partial charge in [-0.05, 0) is 70.8 Å². The van der Waals surface area contributed by atoms with Crippen LogP contribution in [0, 0.1) is 0 Å². The molecule has 0 unspecified atom stereocenters. The summed E-state index contributed by atoms with van der Waals surface area (Å²) >= 11 is 0. The van der Waals surface area contributed by atoms with Crippen LogP contribution < -0.4 is 0 Å². The molecule has 4 aromatic carbocycles. The van der Waals surface area contributed by atoms with Gasteiger partial charge in [0.25, 0.3) is 0 Å². The summed E-state index contributed by atoms with van der Waals surface area (Å²) in [5.41, 5.74) is 16.2. The van der Waals surface area contributed by atoms with Gasteiger partial charge < -0.3 is 15.1 Å². The van der Waals surface area contributed by atoms with Gasteiger partial charge in [0.15, 0.2) is 0 Å². The lowest BCUT2D eigenvalue weighted by atomic mass is 10.0. The minimum Gasteiger partial charge on any atom is -0.354 e. The summed E-state index contributed by atoms with van der Waals surface area (Å²) in [4.78, 5) is 18.3. The molecule has 0 saturated heterocycles. The number of nitrogens with one attached hydrogen (secondary N) is 2. The molecule has 0 fully saturated rings. The number of H-pyrrole nitrogens is 2. The summed E-state index contributed by atoms with van der Waals surface area (Å²) in [5.74, 6) is 0. The average molecular weight is 701 g/mol. The summed E-state index contributed by atoms with van der Waals surface area (Å²) < 4.78 is 29.7. The third-order valence-electron chi connectivity index (χ3n) is 9.00. The van der Waals surface area contributed by atoms with Crippen LogP contribution in [0.25, 0.3) is 90.9 Å². The van der Waals surface area contributed by atoms with Crippen molar-refractivity contribution in [2.75, 3.05) is 0 Å². The molecule has 7 aromatic rings. The summed E-state index contributed by atoms with van der Waals surface area (Å²) in [6.45, 7) is 0. The molecular formula is C45H31F3N4O. The first-order valence-electron chi connectivity index (χ1n) is 17.0. The van der Waals surface area contributed by atoms with E-state index in [1.807, 2.05) is 18.2 Å². The first-order chi connectivity index (χ1) is 25.8. The number of benzene rings is 4. The van der Waals surface area contributed by atoms with Gasteiger partial charge in [0.05, 0.1) is 22.8 Å². The number of hydrogen-bond acceptors (Lipinski definition) is 3. The molecule has 8 bridgehead atoms. The lowest BCUT2D eigenvalue weighted by Crippen LogP contribution is -2.01. The lowest BCUT2D eigenvalue weighted by molar-refractivity contribution is -0.295. The van der Waals surface area contributed by atoms with E-state index in [9.17, 15) is 13.2 Å². The van der Waals surface area contributed by atoms with Gasteiger partial charge in [-0.1, -0.05) is 121 Å². The van der Waals surface area contributed by atoms with Gasteiger partial charge in [-0.3, -0.25) is 0 Å². The minimum absolute atomic E-state index is 0.883. The van der Waals surface area contributed by atoms with E-state index in [-0.39, 0.29) is 0 Å². The van der Waals surface area contributed by atoms with Crippen LogP contribution in [0.4, 0.5) is 13.2 Å². The van der Waals surface area contributed by atoms with Gasteiger partial charge in [-0.2, -0.15) is 0 Å². The Morgan fingerprint density at radius 2 is 0.604 bits per heavy atom. The van der Waals surface area contributed by atoms with Crippen LogP contribution >= 0.6 is 0 Å². The zero-order valence-electron chi connectivity index (χ0n) is 28.1. The standard InChI is InChI=1S/C44H30N4.CHF3O/c1-5-13-29(14-6-1)41-33-21-23-35(45-33)42(30-15-7-2-8-16-30)37-25-27-39(47-37)44(32-19-11-4-12-20-32)40-28-26-38(48-40)43(31-17-9-3-10-18-31)36-24-22-34(41)46-36;2-1(3,4)5/h1-28,45-46H;5H. The zero-order chi connectivity index (χ0) is 36.4. The Bertz CT molecular complexity index is 2500. The number of aromatic amines is 2. The van der Waals surface area contributed by atoms with Gasteiger partial charge >= 0.3 is 6.36 Å². The first-order valence-corrected chi connectivity index (χ1v) is 17.0. The number of hydrogen-bond donors (Lipinski definition) is 3. The topological polar surface area (TPSA) is 77.6 Å². The van der Waals surface area contributed by atoms with E-state index in [1.54, 1.807) is 0 Å². The molecular weight excluding hydrogens is 670 g/mol. The van der Waals surface area contributed by atoms with Gasteiger partial charge in [0, 0.05) is 44.3 Å². The quantitative estimate of drug-likeness (QED) is 0.171. The van der Waals surface area contributed by atoms with Crippen LogP contribution in [-0.2, 0) is 0 Å². The summed E-state index contributed by atoms with van der Waals surface area (Å²) in [7, 11) is 0. The van der Waals surface area contributed by atoms with Crippen molar-refractivity contribution in [3.05, 3.63) is 168 Å². The number of halogens is 3. The fourth-order valence-electron chi connectivity index (χ4n) is 6.84. The molecule has 258 valence electrons. The van der Waals surface area contributed by atoms with E-state index < -0.39 is 6.36 Å². The van der Waals surface area contributed by atoms with E-state index in [1.165, 1.54) is 0 Å². The van der Waals surface area contributed by atoms with Crippen LogP contribution in [0.5, 0.6) is 0 Å². The second kappa shape index (κ2) is 14.1. The van der Waals surface area contributed by atoms with E-state index in [0.29, 0.717) is 0 Å². The molecule has 0 spiro atoms. The molecule has 0 aliphatic carbocycles. The maximum atomic E-state index is 9.91. The van der Waals surface area contributed by atoms with Crippen molar-refractivity contribution in [2.45, 2.75) is 6.36 Å². The Labute approximate surface area is 303 Å². The largest absolute Gasteiger partial charge is 0.519 e. The van der Waals surface area contributed by atoms with Gasteiger partial charge in [0.2, 0.25) is 0 Å². The van der Waals surface area contributed by atoms with Crippen molar-refractivity contribution >= 4 is 46.4 Å². The van der Waals surface area contributed by atoms with Crippen molar-refractivity contribution in [1.82, 2.24) is 19.9 Å². The number of aromatic nitrogens is 4. The summed E-state index contributed by atoms with van der Waals surface area (Å²) in [6.07, 6.45) is 3.50. The molecule has 3 N–H and O–H groups in total. The number of rotatable bonds is 4. The van der Waals surface area contributed by atoms with Crippen LogP contribution in [0.2, 0.25) is 0 Å². The fraction of sp³-hybridized carbons (Fsp3) is 0.0222. The first kappa shape index (κ1) is 33.4.